The predicted octanol–water partition coefficient (Wildman–Crippen LogP) is 0.560. The summed E-state index contributed by atoms with van der Waals surface area (Å²) in [6.07, 6.45) is 2.56. The lowest BCUT2D eigenvalue weighted by Crippen LogP contribution is -2.30. The Balaban J connectivity index is 2.95. The number of nitrogens with two attached hydrogens (primary N) is 1. The van der Waals surface area contributed by atoms with Gasteiger partial charge in [-0.15, -0.1) is 0 Å². The molecule has 1 aliphatic carbocycles. The highest BCUT2D eigenvalue weighted by Gasteiger charge is 2.22. The van der Waals surface area contributed by atoms with E-state index in [0.29, 0.717) is 6.42 Å². The van der Waals surface area contributed by atoms with Gasteiger partial charge in [-0.1, -0.05) is 0 Å². The van der Waals surface area contributed by atoms with Gasteiger partial charge >= 0.3 is 0 Å². The van der Waals surface area contributed by atoms with E-state index in [1.54, 1.807) is 0 Å². The number of hydrogen-bond acceptors (Lipinski definition) is 3. The van der Waals surface area contributed by atoms with Crippen molar-refractivity contribution in [3.05, 3.63) is 11.3 Å². The summed E-state index contributed by atoms with van der Waals surface area (Å²) in [6.45, 7) is 1.86. The average Bonchev–Trinajstić information content (AvgIpc) is 2.03. The van der Waals surface area contributed by atoms with Gasteiger partial charge in [0.15, 0.2) is 5.78 Å². The van der Waals surface area contributed by atoms with Gasteiger partial charge in [0.25, 0.3) is 0 Å². The van der Waals surface area contributed by atoms with E-state index in [2.05, 4.69) is 5.32 Å². The fourth-order valence-corrected chi connectivity index (χ4v) is 1.65. The second kappa shape index (κ2) is 3.72. The molecule has 12 heavy (non-hydrogen) atoms. The minimum Gasteiger partial charge on any atom is -0.391 e. The molecular weight excluding hydrogens is 152 g/mol. The van der Waals surface area contributed by atoms with Gasteiger partial charge in [0.05, 0.1) is 0 Å². The smallest absolute Gasteiger partial charge is 0.162 e. The molecule has 0 aromatic rings. The van der Waals surface area contributed by atoms with E-state index in [-0.39, 0.29) is 11.8 Å². The maximum Gasteiger partial charge on any atom is 0.162 e. The largest absolute Gasteiger partial charge is 0.391 e. The summed E-state index contributed by atoms with van der Waals surface area (Å²) >= 11 is 0. The highest BCUT2D eigenvalue weighted by atomic mass is 16.1. The van der Waals surface area contributed by atoms with Crippen LogP contribution in [0.1, 0.15) is 26.2 Å². The summed E-state index contributed by atoms with van der Waals surface area (Å²) in [4.78, 5) is 11.4. The van der Waals surface area contributed by atoms with Crippen molar-refractivity contribution in [2.45, 2.75) is 32.2 Å². The molecule has 0 saturated heterocycles. The van der Waals surface area contributed by atoms with Crippen molar-refractivity contribution < 1.29 is 4.79 Å². The van der Waals surface area contributed by atoms with Gasteiger partial charge in [-0.3, -0.25) is 4.79 Å². The number of rotatable bonds is 2. The van der Waals surface area contributed by atoms with E-state index in [1.165, 1.54) is 0 Å². The van der Waals surface area contributed by atoms with E-state index in [1.807, 2.05) is 14.0 Å². The number of hydrogen-bond donors (Lipinski definition) is 2. The van der Waals surface area contributed by atoms with Crippen LogP contribution in [0.2, 0.25) is 0 Å². The SMILES string of the molecule is CNC1=C(C(C)N)C(=O)CCC1. The highest BCUT2D eigenvalue weighted by molar-refractivity contribution is 5.97. The van der Waals surface area contributed by atoms with Crippen LogP contribution in [0.5, 0.6) is 0 Å². The van der Waals surface area contributed by atoms with Crippen LogP contribution >= 0.6 is 0 Å². The maximum atomic E-state index is 11.4. The van der Waals surface area contributed by atoms with Gasteiger partial charge in [-0.05, 0) is 19.8 Å². The normalized spacial score (nSPS) is 21.1. The molecule has 0 aliphatic heterocycles. The minimum atomic E-state index is -0.139. The van der Waals surface area contributed by atoms with E-state index >= 15 is 0 Å². The van der Waals surface area contributed by atoms with Crippen LogP contribution in [0.25, 0.3) is 0 Å². The van der Waals surface area contributed by atoms with Gasteiger partial charge < -0.3 is 11.1 Å². The second-order valence-corrected chi connectivity index (χ2v) is 3.21. The van der Waals surface area contributed by atoms with Crippen molar-refractivity contribution in [3.63, 3.8) is 0 Å². The van der Waals surface area contributed by atoms with Gasteiger partial charge in [-0.25, -0.2) is 0 Å². The lowest BCUT2D eigenvalue weighted by atomic mass is 9.91. The Hall–Kier alpha value is -0.830. The topological polar surface area (TPSA) is 55.1 Å². The summed E-state index contributed by atoms with van der Waals surface area (Å²) in [5.41, 5.74) is 7.53. The molecule has 1 unspecified atom stereocenters. The summed E-state index contributed by atoms with van der Waals surface area (Å²) in [6, 6.07) is -0.139. The molecule has 0 aromatic carbocycles. The molecule has 3 N–H and O–H groups in total. The average molecular weight is 168 g/mol. The van der Waals surface area contributed by atoms with E-state index in [4.69, 9.17) is 5.73 Å². The lowest BCUT2D eigenvalue weighted by Gasteiger charge is -2.21. The number of allylic oxidation sites excluding steroid dienone is 1. The monoisotopic (exact) mass is 168 g/mol. The van der Waals surface area contributed by atoms with E-state index < -0.39 is 0 Å². The predicted molar refractivity (Wildman–Crippen MR) is 48.6 cm³/mol. The molecule has 3 nitrogen and oxygen atoms in total. The van der Waals surface area contributed by atoms with Crippen molar-refractivity contribution in [2.24, 2.45) is 5.73 Å². The molecule has 1 rings (SSSR count). The molecule has 0 fully saturated rings. The van der Waals surface area contributed by atoms with Crippen LogP contribution in [-0.4, -0.2) is 18.9 Å². The summed E-state index contributed by atoms with van der Waals surface area (Å²) < 4.78 is 0. The summed E-state index contributed by atoms with van der Waals surface area (Å²) in [5.74, 6) is 0.209. The Kier molecular flexibility index (Phi) is 2.87. The summed E-state index contributed by atoms with van der Waals surface area (Å²) in [5, 5.41) is 3.04. The minimum absolute atomic E-state index is 0.139. The first-order valence-corrected chi connectivity index (χ1v) is 4.36. The molecule has 0 aromatic heterocycles. The maximum absolute atomic E-state index is 11.4. The van der Waals surface area contributed by atoms with Crippen LogP contribution in [-0.2, 0) is 4.79 Å². The van der Waals surface area contributed by atoms with Crippen molar-refractivity contribution in [1.82, 2.24) is 5.32 Å². The molecular formula is C9H16N2O. The molecule has 0 saturated carbocycles. The van der Waals surface area contributed by atoms with Gasteiger partial charge in [0.2, 0.25) is 0 Å². The lowest BCUT2D eigenvalue weighted by molar-refractivity contribution is -0.116. The highest BCUT2D eigenvalue weighted by Crippen LogP contribution is 2.21. The Labute approximate surface area is 73.0 Å². The number of ketones is 1. The van der Waals surface area contributed by atoms with Crippen LogP contribution in [0, 0.1) is 0 Å². The molecule has 0 bridgehead atoms. The molecule has 0 radical (unpaired) electrons. The van der Waals surface area contributed by atoms with Gasteiger partial charge in [0.1, 0.15) is 0 Å². The number of Topliss-reactive ketones (excluding diaryl/α,β-unsaturated/α-hetero) is 1. The quantitative estimate of drug-likeness (QED) is 0.633. The summed E-state index contributed by atoms with van der Waals surface area (Å²) in [7, 11) is 1.84. The molecule has 3 heteroatoms. The van der Waals surface area contributed by atoms with Crippen LogP contribution in [0.15, 0.2) is 11.3 Å². The van der Waals surface area contributed by atoms with Crippen LogP contribution in [0.4, 0.5) is 0 Å². The Bertz CT molecular complexity index is 219. The first-order valence-electron chi connectivity index (χ1n) is 4.36. The molecule has 0 amide bonds. The van der Waals surface area contributed by atoms with Crippen molar-refractivity contribution >= 4 is 5.78 Å². The Morgan fingerprint density at radius 3 is 2.58 bits per heavy atom. The van der Waals surface area contributed by atoms with E-state index in [0.717, 1.165) is 24.1 Å². The zero-order chi connectivity index (χ0) is 9.14. The fraction of sp³-hybridized carbons (Fsp3) is 0.667. The van der Waals surface area contributed by atoms with Crippen LogP contribution in [0.3, 0.4) is 0 Å². The van der Waals surface area contributed by atoms with Crippen molar-refractivity contribution in [2.75, 3.05) is 7.05 Å². The second-order valence-electron chi connectivity index (χ2n) is 3.21. The third-order valence-corrected chi connectivity index (χ3v) is 2.21. The molecule has 68 valence electrons. The standard InChI is InChI=1S/C9H16N2O/c1-6(10)9-7(11-2)4-3-5-8(9)12/h6,11H,3-5,10H2,1-2H3. The first kappa shape index (κ1) is 9.26. The number of carbonyl (C=O) groups is 1. The fourth-order valence-electron chi connectivity index (χ4n) is 1.65. The molecule has 1 aliphatic rings. The Morgan fingerprint density at radius 1 is 1.50 bits per heavy atom. The third-order valence-electron chi connectivity index (χ3n) is 2.21. The van der Waals surface area contributed by atoms with Crippen molar-refractivity contribution in [1.29, 1.82) is 0 Å². The van der Waals surface area contributed by atoms with Crippen molar-refractivity contribution in [3.8, 4) is 0 Å². The van der Waals surface area contributed by atoms with Gasteiger partial charge in [0, 0.05) is 30.8 Å². The third kappa shape index (κ3) is 1.67. The van der Waals surface area contributed by atoms with Gasteiger partial charge in [-0.2, -0.15) is 0 Å². The molecule has 1 atom stereocenters. The number of nitrogens with one attached hydrogen (secondary N) is 1. The zero-order valence-corrected chi connectivity index (χ0v) is 7.68. The zero-order valence-electron chi connectivity index (χ0n) is 7.68. The number of carbonyl (C=O) groups excluding carboxylic acids is 1. The first-order chi connectivity index (χ1) is 5.66. The Morgan fingerprint density at radius 2 is 2.17 bits per heavy atom. The molecule has 0 spiro atoms. The van der Waals surface area contributed by atoms with Crippen LogP contribution < -0.4 is 11.1 Å². The van der Waals surface area contributed by atoms with E-state index in [9.17, 15) is 4.79 Å². The molecule has 0 heterocycles.